The molecule has 1 aromatic heterocycles. The Bertz CT molecular complexity index is 636. The van der Waals surface area contributed by atoms with E-state index in [1.165, 1.54) is 18.4 Å². The number of anilines is 1. The lowest BCUT2D eigenvalue weighted by Crippen LogP contribution is -2.43. The second-order valence-corrected chi connectivity index (χ2v) is 15.1. The number of hydrogen-bond acceptors (Lipinski definition) is 5. The molecule has 3 atom stereocenters. The van der Waals surface area contributed by atoms with Gasteiger partial charge >= 0.3 is 0 Å². The molecule has 0 spiro atoms. The summed E-state index contributed by atoms with van der Waals surface area (Å²) >= 11 is 0. The Morgan fingerprint density at radius 3 is 2.36 bits per heavy atom. The predicted molar refractivity (Wildman–Crippen MR) is 117 cm³/mol. The van der Waals surface area contributed by atoms with Gasteiger partial charge in [0.1, 0.15) is 0 Å². The van der Waals surface area contributed by atoms with Crippen molar-refractivity contribution in [3.8, 4) is 0 Å². The van der Waals surface area contributed by atoms with Crippen LogP contribution in [0.2, 0.25) is 18.1 Å². The molecule has 1 saturated carbocycles. The molecule has 1 N–H and O–H groups in total. The van der Waals surface area contributed by atoms with Crippen LogP contribution < -0.4 is 4.90 Å². The van der Waals surface area contributed by atoms with E-state index in [1.807, 2.05) is 12.4 Å². The Labute approximate surface area is 172 Å². The van der Waals surface area contributed by atoms with Gasteiger partial charge in [0.25, 0.3) is 0 Å². The Morgan fingerprint density at radius 1 is 1.21 bits per heavy atom. The normalized spacial score (nSPS) is 25.0. The Morgan fingerprint density at radius 2 is 1.82 bits per heavy atom. The molecule has 1 aliphatic heterocycles. The third-order valence-corrected chi connectivity index (χ3v) is 11.8. The van der Waals surface area contributed by atoms with Gasteiger partial charge in [0, 0.05) is 25.5 Å². The highest BCUT2D eigenvalue weighted by Crippen LogP contribution is 2.50. The molecule has 6 heteroatoms. The van der Waals surface area contributed by atoms with Crippen LogP contribution in [0.1, 0.15) is 52.5 Å². The van der Waals surface area contributed by atoms with Crippen LogP contribution in [-0.4, -0.2) is 49.2 Å². The number of hydrogen-bond donors (Lipinski definition) is 1. The van der Waals surface area contributed by atoms with Crippen LogP contribution in [0, 0.1) is 17.8 Å². The van der Waals surface area contributed by atoms with E-state index in [0.717, 1.165) is 37.8 Å². The molecule has 5 nitrogen and oxygen atoms in total. The Balaban J connectivity index is 1.43. The quantitative estimate of drug-likeness (QED) is 0.686. The van der Waals surface area contributed by atoms with Crippen molar-refractivity contribution in [1.29, 1.82) is 0 Å². The maximum Gasteiger partial charge on any atom is 0.225 e. The van der Waals surface area contributed by atoms with Gasteiger partial charge in [-0.25, -0.2) is 9.97 Å². The minimum Gasteiger partial charge on any atom is -0.414 e. The third-order valence-electron chi connectivity index (χ3n) is 7.33. The zero-order valence-corrected chi connectivity index (χ0v) is 19.6. The van der Waals surface area contributed by atoms with Crippen LogP contribution in [0.25, 0.3) is 0 Å². The number of aliphatic hydroxyl groups excluding tert-OH is 1. The average Bonchev–Trinajstić information content (AvgIpc) is 3.46. The lowest BCUT2D eigenvalue weighted by atomic mass is 9.90. The van der Waals surface area contributed by atoms with Crippen molar-refractivity contribution in [3.63, 3.8) is 0 Å². The highest BCUT2D eigenvalue weighted by Gasteiger charge is 2.48. The molecule has 2 heterocycles. The van der Waals surface area contributed by atoms with Gasteiger partial charge in [0.05, 0.1) is 12.7 Å². The lowest BCUT2D eigenvalue weighted by molar-refractivity contribution is 0.0740. The van der Waals surface area contributed by atoms with Crippen molar-refractivity contribution in [1.82, 2.24) is 9.97 Å². The molecule has 0 amide bonds. The molecule has 3 rings (SSSR count). The van der Waals surface area contributed by atoms with E-state index >= 15 is 0 Å². The zero-order valence-electron chi connectivity index (χ0n) is 18.6. The summed E-state index contributed by atoms with van der Waals surface area (Å²) in [5.41, 5.74) is 1.19. The average molecular weight is 406 g/mol. The molecule has 0 bridgehead atoms. The smallest absolute Gasteiger partial charge is 0.225 e. The van der Waals surface area contributed by atoms with E-state index < -0.39 is 8.32 Å². The van der Waals surface area contributed by atoms with E-state index in [2.05, 4.69) is 55.7 Å². The number of aromatic nitrogens is 2. The minimum absolute atomic E-state index is 0.194. The number of aryl methyl sites for hydroxylation is 1. The number of nitrogens with zero attached hydrogens (tertiary/aromatic N) is 3. The monoisotopic (exact) mass is 405 g/mol. The van der Waals surface area contributed by atoms with Crippen molar-refractivity contribution >= 4 is 14.3 Å². The van der Waals surface area contributed by atoms with E-state index in [1.54, 1.807) is 0 Å². The summed E-state index contributed by atoms with van der Waals surface area (Å²) < 4.78 is 6.25. The molecule has 1 aromatic rings. The van der Waals surface area contributed by atoms with Crippen LogP contribution in [0.3, 0.4) is 0 Å². The van der Waals surface area contributed by atoms with Gasteiger partial charge in [-0.1, -0.05) is 27.7 Å². The second-order valence-electron chi connectivity index (χ2n) is 10.3. The largest absolute Gasteiger partial charge is 0.414 e. The molecule has 0 unspecified atom stereocenters. The predicted octanol–water partition coefficient (Wildman–Crippen LogP) is 4.27. The van der Waals surface area contributed by atoms with Crippen LogP contribution in [0.5, 0.6) is 0 Å². The molecule has 1 saturated heterocycles. The summed E-state index contributed by atoms with van der Waals surface area (Å²) in [5, 5.41) is 10.9. The molecule has 0 aromatic carbocycles. The number of piperidine rings is 1. The van der Waals surface area contributed by atoms with Crippen LogP contribution >= 0.6 is 0 Å². The molecule has 28 heavy (non-hydrogen) atoms. The van der Waals surface area contributed by atoms with Crippen molar-refractivity contribution in [3.05, 3.63) is 18.0 Å². The van der Waals surface area contributed by atoms with E-state index in [0.29, 0.717) is 18.4 Å². The van der Waals surface area contributed by atoms with Gasteiger partial charge in [-0.05, 0) is 67.1 Å². The van der Waals surface area contributed by atoms with E-state index in [4.69, 9.17) is 4.43 Å². The standard InChI is InChI=1S/C22H39N3O2Si/c1-7-16-13-23-21(24-14-16)25-10-8-17(9-11-25)18-12-19(18)20(26)15-27-28(5,6)22(2,3)4/h13-14,17-20,26H,7-12,15H2,1-6H3/t18-,19-,20-/m1/s1. The maximum absolute atomic E-state index is 10.7. The van der Waals surface area contributed by atoms with Gasteiger partial charge in [-0.2, -0.15) is 0 Å². The van der Waals surface area contributed by atoms with Gasteiger partial charge in [-0.3, -0.25) is 0 Å². The zero-order chi connectivity index (χ0) is 20.5. The molecule has 0 radical (unpaired) electrons. The first-order valence-electron chi connectivity index (χ1n) is 11.0. The minimum atomic E-state index is -1.78. The second kappa shape index (κ2) is 8.40. The highest BCUT2D eigenvalue weighted by atomic mass is 28.4. The van der Waals surface area contributed by atoms with Gasteiger partial charge < -0.3 is 14.4 Å². The molecule has 1 aliphatic carbocycles. The molecule has 2 aliphatic rings. The summed E-state index contributed by atoms with van der Waals surface area (Å²) in [6, 6.07) is 0. The van der Waals surface area contributed by atoms with Crippen molar-refractivity contribution in [2.24, 2.45) is 17.8 Å². The highest BCUT2D eigenvalue weighted by molar-refractivity contribution is 6.74. The van der Waals surface area contributed by atoms with Crippen molar-refractivity contribution in [2.75, 3.05) is 24.6 Å². The topological polar surface area (TPSA) is 58.5 Å². The lowest BCUT2D eigenvalue weighted by Gasteiger charge is -2.37. The van der Waals surface area contributed by atoms with E-state index in [9.17, 15) is 5.11 Å². The van der Waals surface area contributed by atoms with Crippen LogP contribution in [-0.2, 0) is 10.8 Å². The van der Waals surface area contributed by atoms with E-state index in [-0.39, 0.29) is 11.1 Å². The summed E-state index contributed by atoms with van der Waals surface area (Å²) in [6.45, 7) is 15.9. The van der Waals surface area contributed by atoms with Crippen molar-refractivity contribution in [2.45, 2.75) is 77.6 Å². The first-order chi connectivity index (χ1) is 13.1. The fourth-order valence-corrected chi connectivity index (χ4v) is 5.10. The maximum atomic E-state index is 10.7. The summed E-state index contributed by atoms with van der Waals surface area (Å²) in [4.78, 5) is 11.4. The van der Waals surface area contributed by atoms with Crippen molar-refractivity contribution < 1.29 is 9.53 Å². The first-order valence-corrected chi connectivity index (χ1v) is 13.9. The van der Waals surface area contributed by atoms with Crippen LogP contribution in [0.15, 0.2) is 12.4 Å². The first kappa shape index (κ1) is 21.7. The van der Waals surface area contributed by atoms with Gasteiger partial charge in [0.2, 0.25) is 5.95 Å². The summed E-state index contributed by atoms with van der Waals surface area (Å²) in [6.07, 6.45) is 8.09. The van der Waals surface area contributed by atoms with Gasteiger partial charge in [-0.15, -0.1) is 0 Å². The van der Waals surface area contributed by atoms with Crippen LogP contribution in [0.4, 0.5) is 5.95 Å². The molecular formula is C22H39N3O2Si. The number of rotatable bonds is 7. The SMILES string of the molecule is CCc1cnc(N2CCC([C@H]3C[C@H]3[C@H](O)CO[Si](C)(C)C(C)(C)C)CC2)nc1. The third kappa shape index (κ3) is 4.95. The fourth-order valence-electron chi connectivity index (χ4n) is 4.08. The molecular weight excluding hydrogens is 366 g/mol. The van der Waals surface area contributed by atoms with Gasteiger partial charge in [0.15, 0.2) is 8.32 Å². The Kier molecular flexibility index (Phi) is 6.52. The fraction of sp³-hybridized carbons (Fsp3) is 0.818. The Hall–Kier alpha value is -0.983. The summed E-state index contributed by atoms with van der Waals surface area (Å²) in [5.74, 6) is 2.69. The molecule has 2 fully saturated rings. The molecule has 158 valence electrons. The summed E-state index contributed by atoms with van der Waals surface area (Å²) in [7, 11) is -1.78. The number of aliphatic hydroxyl groups is 1.